The van der Waals surface area contributed by atoms with E-state index in [0.29, 0.717) is 0 Å². The SMILES string of the molecule is CCc1cc2c(sc3cc(I)ccc32)c(CC)c1Cl. The lowest BCUT2D eigenvalue weighted by Gasteiger charge is -2.08. The first-order valence-corrected chi connectivity index (χ1v) is 8.75. The Bertz CT molecular complexity index is 773. The number of aryl methyl sites for hydroxylation is 2. The summed E-state index contributed by atoms with van der Waals surface area (Å²) in [5.41, 5.74) is 2.58. The van der Waals surface area contributed by atoms with E-state index in [2.05, 4.69) is 60.7 Å². The monoisotopic (exact) mass is 400 g/mol. The molecule has 0 N–H and O–H groups in total. The second-order valence-corrected chi connectivity index (χ2v) is 7.33. The normalized spacial score (nSPS) is 11.6. The average molecular weight is 401 g/mol. The fourth-order valence-corrected chi connectivity index (χ4v) is 5.08. The topological polar surface area (TPSA) is 0 Å². The summed E-state index contributed by atoms with van der Waals surface area (Å²) in [6.45, 7) is 4.36. The minimum absolute atomic E-state index is 0.971. The third-order valence-corrected chi connectivity index (χ3v) is 5.93. The Morgan fingerprint density at radius 3 is 2.58 bits per heavy atom. The molecule has 0 saturated heterocycles. The van der Waals surface area contributed by atoms with Gasteiger partial charge in [-0.15, -0.1) is 11.3 Å². The van der Waals surface area contributed by atoms with Crippen LogP contribution in [-0.2, 0) is 12.8 Å². The molecule has 1 heterocycles. The van der Waals surface area contributed by atoms with Gasteiger partial charge in [0.25, 0.3) is 0 Å². The van der Waals surface area contributed by atoms with Crippen molar-refractivity contribution in [1.82, 2.24) is 0 Å². The number of hydrogen-bond acceptors (Lipinski definition) is 1. The van der Waals surface area contributed by atoms with Crippen molar-refractivity contribution in [3.63, 3.8) is 0 Å². The molecule has 3 aromatic rings. The highest BCUT2D eigenvalue weighted by Gasteiger charge is 2.14. The van der Waals surface area contributed by atoms with Crippen molar-refractivity contribution in [3.8, 4) is 0 Å². The molecule has 0 fully saturated rings. The number of benzene rings is 2. The number of thiophene rings is 1. The molecule has 0 nitrogen and oxygen atoms in total. The molecule has 1 aromatic heterocycles. The molecular weight excluding hydrogens is 387 g/mol. The van der Waals surface area contributed by atoms with Crippen LogP contribution in [0.5, 0.6) is 0 Å². The summed E-state index contributed by atoms with van der Waals surface area (Å²) < 4.78 is 4.01. The van der Waals surface area contributed by atoms with Crippen LogP contribution >= 0.6 is 45.5 Å². The van der Waals surface area contributed by atoms with E-state index in [1.165, 1.54) is 34.9 Å². The first kappa shape index (κ1) is 13.7. The van der Waals surface area contributed by atoms with Gasteiger partial charge in [0.05, 0.1) is 0 Å². The zero-order valence-electron chi connectivity index (χ0n) is 10.9. The van der Waals surface area contributed by atoms with Gasteiger partial charge in [-0.1, -0.05) is 31.5 Å². The fraction of sp³-hybridized carbons (Fsp3) is 0.250. The molecule has 0 spiro atoms. The van der Waals surface area contributed by atoms with Gasteiger partial charge < -0.3 is 0 Å². The highest BCUT2D eigenvalue weighted by Crippen LogP contribution is 2.41. The molecule has 3 heteroatoms. The van der Waals surface area contributed by atoms with Crippen molar-refractivity contribution in [2.45, 2.75) is 26.7 Å². The van der Waals surface area contributed by atoms with Crippen LogP contribution in [0, 0.1) is 3.57 Å². The highest BCUT2D eigenvalue weighted by atomic mass is 127. The standard InChI is InChI=1S/C16H14ClIS/c1-3-9-7-13-12-6-5-10(18)8-14(12)19-16(13)11(4-2)15(9)17/h5-8H,3-4H2,1-2H3. The minimum atomic E-state index is 0.971. The van der Waals surface area contributed by atoms with E-state index in [0.717, 1.165) is 17.9 Å². The van der Waals surface area contributed by atoms with E-state index in [4.69, 9.17) is 11.6 Å². The molecule has 0 aliphatic carbocycles. The number of fused-ring (bicyclic) bond motifs is 3. The predicted octanol–water partition coefficient (Wildman–Crippen LogP) is 6.44. The van der Waals surface area contributed by atoms with Crippen LogP contribution in [0.15, 0.2) is 24.3 Å². The summed E-state index contributed by atoms with van der Waals surface area (Å²) in [5.74, 6) is 0. The third kappa shape index (κ3) is 2.18. The van der Waals surface area contributed by atoms with Gasteiger partial charge in [0.2, 0.25) is 0 Å². The van der Waals surface area contributed by atoms with Gasteiger partial charge in [-0.2, -0.15) is 0 Å². The molecule has 0 radical (unpaired) electrons. The summed E-state index contributed by atoms with van der Waals surface area (Å²) in [6.07, 6.45) is 1.98. The summed E-state index contributed by atoms with van der Waals surface area (Å²) in [7, 11) is 0. The Morgan fingerprint density at radius 2 is 1.89 bits per heavy atom. The summed E-state index contributed by atoms with van der Waals surface area (Å²) in [6, 6.07) is 8.96. The van der Waals surface area contributed by atoms with Crippen LogP contribution in [-0.4, -0.2) is 0 Å². The largest absolute Gasteiger partial charge is 0.135 e. The van der Waals surface area contributed by atoms with Gasteiger partial charge in [0, 0.05) is 28.8 Å². The molecule has 0 unspecified atom stereocenters. The van der Waals surface area contributed by atoms with Gasteiger partial charge in [-0.3, -0.25) is 0 Å². The second-order valence-electron chi connectivity index (χ2n) is 4.65. The fourth-order valence-electron chi connectivity index (χ4n) is 2.56. The van der Waals surface area contributed by atoms with E-state index >= 15 is 0 Å². The van der Waals surface area contributed by atoms with Crippen molar-refractivity contribution >= 4 is 65.7 Å². The Hall–Kier alpha value is -0.320. The third-order valence-electron chi connectivity index (χ3n) is 3.56. The smallest absolute Gasteiger partial charge is 0.0484 e. The minimum Gasteiger partial charge on any atom is -0.135 e. The van der Waals surface area contributed by atoms with Crippen molar-refractivity contribution in [2.75, 3.05) is 0 Å². The molecule has 2 aromatic carbocycles. The van der Waals surface area contributed by atoms with Crippen molar-refractivity contribution < 1.29 is 0 Å². The van der Waals surface area contributed by atoms with Gasteiger partial charge in [0.15, 0.2) is 0 Å². The summed E-state index contributed by atoms with van der Waals surface area (Å²) >= 11 is 10.8. The molecule has 3 rings (SSSR count). The Morgan fingerprint density at radius 1 is 1.11 bits per heavy atom. The van der Waals surface area contributed by atoms with Crippen LogP contribution in [0.25, 0.3) is 20.2 Å². The van der Waals surface area contributed by atoms with Crippen LogP contribution in [0.1, 0.15) is 25.0 Å². The molecule has 0 aliphatic rings. The van der Waals surface area contributed by atoms with E-state index < -0.39 is 0 Å². The maximum atomic E-state index is 6.55. The molecular formula is C16H14ClIS. The van der Waals surface area contributed by atoms with E-state index in [1.807, 2.05) is 11.3 Å². The highest BCUT2D eigenvalue weighted by molar-refractivity contribution is 14.1. The Kier molecular flexibility index (Phi) is 3.76. The lowest BCUT2D eigenvalue weighted by molar-refractivity contribution is 1.11. The molecule has 0 amide bonds. The van der Waals surface area contributed by atoms with Crippen LogP contribution in [0.3, 0.4) is 0 Å². The van der Waals surface area contributed by atoms with Crippen molar-refractivity contribution in [1.29, 1.82) is 0 Å². The van der Waals surface area contributed by atoms with Gasteiger partial charge >= 0.3 is 0 Å². The number of hydrogen-bond donors (Lipinski definition) is 0. The second kappa shape index (κ2) is 5.23. The summed E-state index contributed by atoms with van der Waals surface area (Å²) in [4.78, 5) is 0. The quantitative estimate of drug-likeness (QED) is 0.434. The Labute approximate surface area is 135 Å². The van der Waals surface area contributed by atoms with Crippen LogP contribution < -0.4 is 0 Å². The molecule has 19 heavy (non-hydrogen) atoms. The zero-order chi connectivity index (χ0) is 13.6. The number of rotatable bonds is 2. The van der Waals surface area contributed by atoms with E-state index in [-0.39, 0.29) is 0 Å². The number of halogens is 2. The molecule has 0 atom stereocenters. The maximum Gasteiger partial charge on any atom is 0.0484 e. The van der Waals surface area contributed by atoms with Gasteiger partial charge in [0.1, 0.15) is 0 Å². The molecule has 98 valence electrons. The van der Waals surface area contributed by atoms with E-state index in [1.54, 1.807) is 0 Å². The van der Waals surface area contributed by atoms with Crippen LogP contribution in [0.2, 0.25) is 5.02 Å². The Balaban J connectivity index is 2.49. The van der Waals surface area contributed by atoms with Gasteiger partial charge in [-0.25, -0.2) is 0 Å². The molecule has 0 saturated carbocycles. The first-order valence-electron chi connectivity index (χ1n) is 6.47. The first-order chi connectivity index (χ1) is 9.15. The zero-order valence-corrected chi connectivity index (χ0v) is 14.6. The summed E-state index contributed by atoms with van der Waals surface area (Å²) in [5, 5.41) is 3.70. The lowest BCUT2D eigenvalue weighted by atomic mass is 10.0. The maximum absolute atomic E-state index is 6.55. The average Bonchev–Trinajstić information content (AvgIpc) is 2.74. The van der Waals surface area contributed by atoms with E-state index in [9.17, 15) is 0 Å². The van der Waals surface area contributed by atoms with Crippen molar-refractivity contribution in [2.24, 2.45) is 0 Å². The lowest BCUT2D eigenvalue weighted by Crippen LogP contribution is -1.89. The van der Waals surface area contributed by atoms with Gasteiger partial charge in [-0.05, 0) is 64.8 Å². The predicted molar refractivity (Wildman–Crippen MR) is 95.8 cm³/mol. The molecule has 0 bridgehead atoms. The molecule has 0 aliphatic heterocycles. The van der Waals surface area contributed by atoms with Crippen molar-refractivity contribution in [3.05, 3.63) is 44.0 Å². The van der Waals surface area contributed by atoms with Crippen LogP contribution in [0.4, 0.5) is 0 Å².